The molecule has 0 bridgehead atoms. The fourth-order valence-corrected chi connectivity index (χ4v) is 3.80. The lowest BCUT2D eigenvalue weighted by atomic mass is 9.82. The van der Waals surface area contributed by atoms with Gasteiger partial charge in [0.25, 0.3) is 0 Å². The molecule has 0 aliphatic carbocycles. The number of phenolic OH excluding ortho intramolecular Hbond substituents is 2. The van der Waals surface area contributed by atoms with Crippen molar-refractivity contribution in [3.63, 3.8) is 0 Å². The Bertz CT molecular complexity index is 1060. The number of carbonyl (C=O) groups excluding carboxylic acids is 1. The van der Waals surface area contributed by atoms with Gasteiger partial charge in [-0.3, -0.25) is 4.79 Å². The fourth-order valence-electron chi connectivity index (χ4n) is 3.80. The van der Waals surface area contributed by atoms with Crippen LogP contribution in [0, 0.1) is 6.92 Å². The Kier molecular flexibility index (Phi) is 5.75. The second-order valence-electron chi connectivity index (χ2n) is 10.3. The van der Waals surface area contributed by atoms with Crippen LogP contribution in [0.5, 0.6) is 11.5 Å². The first-order valence-electron chi connectivity index (χ1n) is 10.6. The Balaban J connectivity index is 2.32. The third-order valence-corrected chi connectivity index (χ3v) is 5.87. The van der Waals surface area contributed by atoms with Gasteiger partial charge < -0.3 is 10.2 Å². The average molecular weight is 417 g/mol. The van der Waals surface area contributed by atoms with E-state index < -0.39 is 0 Å². The van der Waals surface area contributed by atoms with E-state index in [0.29, 0.717) is 16.7 Å². The minimum absolute atomic E-state index is 0.0826. The summed E-state index contributed by atoms with van der Waals surface area (Å²) in [5.74, 6) is 0.329. The molecule has 0 radical (unpaired) electrons. The van der Waals surface area contributed by atoms with Gasteiger partial charge in [0.2, 0.25) is 0 Å². The molecule has 162 valence electrons. The van der Waals surface area contributed by atoms with Crippen LogP contribution >= 0.6 is 0 Å². The van der Waals surface area contributed by atoms with Gasteiger partial charge in [-0.15, -0.1) is 0 Å². The Morgan fingerprint density at radius 1 is 0.645 bits per heavy atom. The average Bonchev–Trinajstić information content (AvgIpc) is 2.67. The molecule has 0 aromatic heterocycles. The van der Waals surface area contributed by atoms with Crippen LogP contribution in [0.3, 0.4) is 0 Å². The predicted octanol–water partition coefficient (Wildman–Crippen LogP) is 7.15. The largest absolute Gasteiger partial charge is 0.507 e. The first kappa shape index (κ1) is 22.6. The number of rotatable bonds is 3. The number of aldehydes is 1. The van der Waals surface area contributed by atoms with E-state index in [1.165, 1.54) is 0 Å². The number of aromatic hydroxyl groups is 2. The van der Waals surface area contributed by atoms with Crippen molar-refractivity contribution in [2.24, 2.45) is 0 Å². The second-order valence-corrected chi connectivity index (χ2v) is 10.3. The van der Waals surface area contributed by atoms with Crippen LogP contribution in [0.1, 0.15) is 68.6 Å². The number of hydrogen-bond donors (Lipinski definition) is 2. The second kappa shape index (κ2) is 7.88. The maximum absolute atomic E-state index is 11.8. The third kappa shape index (κ3) is 4.51. The highest BCUT2D eigenvalue weighted by Gasteiger charge is 2.21. The maximum Gasteiger partial charge on any atom is 0.150 e. The molecule has 0 atom stereocenters. The minimum Gasteiger partial charge on any atom is -0.507 e. The van der Waals surface area contributed by atoms with E-state index in [2.05, 4.69) is 41.5 Å². The van der Waals surface area contributed by atoms with E-state index >= 15 is 0 Å². The molecule has 0 saturated heterocycles. The molecule has 3 rings (SSSR count). The summed E-state index contributed by atoms with van der Waals surface area (Å²) in [5, 5.41) is 21.3. The van der Waals surface area contributed by atoms with Gasteiger partial charge in [0, 0.05) is 16.7 Å². The van der Waals surface area contributed by atoms with Crippen molar-refractivity contribution < 1.29 is 15.0 Å². The summed E-state index contributed by atoms with van der Waals surface area (Å²) in [4.78, 5) is 11.8. The third-order valence-electron chi connectivity index (χ3n) is 5.87. The van der Waals surface area contributed by atoms with Crippen LogP contribution in [-0.2, 0) is 10.8 Å². The molecule has 3 aromatic rings. The molecule has 0 aliphatic rings. The summed E-state index contributed by atoms with van der Waals surface area (Å²) in [6, 6.07) is 14.9. The quantitative estimate of drug-likeness (QED) is 0.446. The summed E-state index contributed by atoms with van der Waals surface area (Å²) in [6.07, 6.45) is 0.807. The van der Waals surface area contributed by atoms with Crippen LogP contribution in [0.15, 0.2) is 48.5 Å². The highest BCUT2D eigenvalue weighted by Crippen LogP contribution is 2.42. The van der Waals surface area contributed by atoms with E-state index in [-0.39, 0.29) is 22.3 Å². The van der Waals surface area contributed by atoms with Crippen LogP contribution in [0.2, 0.25) is 0 Å². The Morgan fingerprint density at radius 2 is 1.03 bits per heavy atom. The van der Waals surface area contributed by atoms with Gasteiger partial charge in [0.15, 0.2) is 0 Å². The predicted molar refractivity (Wildman–Crippen MR) is 128 cm³/mol. The van der Waals surface area contributed by atoms with Gasteiger partial charge in [0.1, 0.15) is 17.8 Å². The molecule has 0 heterocycles. The van der Waals surface area contributed by atoms with Gasteiger partial charge in [0.05, 0.1) is 0 Å². The Morgan fingerprint density at radius 3 is 1.35 bits per heavy atom. The smallest absolute Gasteiger partial charge is 0.150 e. The van der Waals surface area contributed by atoms with Crippen LogP contribution in [0.25, 0.3) is 22.3 Å². The molecule has 31 heavy (non-hydrogen) atoms. The lowest BCUT2D eigenvalue weighted by molar-refractivity contribution is 0.112. The molecule has 3 heteroatoms. The van der Waals surface area contributed by atoms with Gasteiger partial charge in [-0.05, 0) is 82.0 Å². The summed E-state index contributed by atoms with van der Waals surface area (Å²) in [7, 11) is 0. The van der Waals surface area contributed by atoms with Crippen LogP contribution in [-0.4, -0.2) is 16.5 Å². The van der Waals surface area contributed by atoms with Gasteiger partial charge in [-0.25, -0.2) is 0 Å². The number of hydrogen-bond acceptors (Lipinski definition) is 3. The van der Waals surface area contributed by atoms with Gasteiger partial charge >= 0.3 is 0 Å². The monoisotopic (exact) mass is 416 g/mol. The standard InChI is InChI=1S/C28H32O3/c1-17-21(23-14-19(27(2,3)4)8-10-25(23)30)12-18(16-29)13-22(17)24-15-20(28(5,6)7)9-11-26(24)31/h8-16,30-31H,1-7H3. The van der Waals surface area contributed by atoms with E-state index in [1.54, 1.807) is 24.3 Å². The highest BCUT2D eigenvalue weighted by atomic mass is 16.3. The van der Waals surface area contributed by atoms with Crippen molar-refractivity contribution in [3.05, 3.63) is 70.8 Å². The highest BCUT2D eigenvalue weighted by molar-refractivity contribution is 5.89. The number of carbonyl (C=O) groups is 1. The van der Waals surface area contributed by atoms with Crippen molar-refractivity contribution in [1.82, 2.24) is 0 Å². The first-order chi connectivity index (χ1) is 14.3. The van der Waals surface area contributed by atoms with E-state index in [1.807, 2.05) is 31.2 Å². The maximum atomic E-state index is 11.8. The van der Waals surface area contributed by atoms with Crippen molar-refractivity contribution >= 4 is 6.29 Å². The van der Waals surface area contributed by atoms with Crippen LogP contribution < -0.4 is 0 Å². The molecule has 0 unspecified atom stereocenters. The Hall–Kier alpha value is -3.07. The zero-order chi connectivity index (χ0) is 23.1. The molecule has 0 amide bonds. The molecule has 2 N–H and O–H groups in total. The normalized spacial score (nSPS) is 12.1. The van der Waals surface area contributed by atoms with Crippen molar-refractivity contribution in [2.45, 2.75) is 59.3 Å². The lowest BCUT2D eigenvalue weighted by Crippen LogP contribution is -2.11. The fraction of sp³-hybridized carbons (Fsp3) is 0.321. The number of benzene rings is 3. The summed E-state index contributed by atoms with van der Waals surface area (Å²) < 4.78 is 0. The van der Waals surface area contributed by atoms with Crippen molar-refractivity contribution in [2.75, 3.05) is 0 Å². The van der Waals surface area contributed by atoms with E-state index in [4.69, 9.17) is 0 Å². The summed E-state index contributed by atoms with van der Waals surface area (Å²) in [6.45, 7) is 14.7. The minimum atomic E-state index is -0.0826. The molecular weight excluding hydrogens is 384 g/mol. The molecule has 0 spiro atoms. The molecule has 0 aliphatic heterocycles. The van der Waals surface area contributed by atoms with E-state index in [9.17, 15) is 15.0 Å². The van der Waals surface area contributed by atoms with Crippen LogP contribution in [0.4, 0.5) is 0 Å². The van der Waals surface area contributed by atoms with Crippen molar-refractivity contribution in [3.8, 4) is 33.8 Å². The van der Waals surface area contributed by atoms with Gasteiger partial charge in [-0.2, -0.15) is 0 Å². The summed E-state index contributed by atoms with van der Waals surface area (Å²) >= 11 is 0. The van der Waals surface area contributed by atoms with Crippen molar-refractivity contribution in [1.29, 1.82) is 0 Å². The zero-order valence-corrected chi connectivity index (χ0v) is 19.5. The molecule has 3 nitrogen and oxygen atoms in total. The van der Waals surface area contributed by atoms with Gasteiger partial charge in [-0.1, -0.05) is 53.7 Å². The molecular formula is C28H32O3. The molecule has 0 fully saturated rings. The van der Waals surface area contributed by atoms with E-state index in [0.717, 1.165) is 34.1 Å². The lowest BCUT2D eigenvalue weighted by Gasteiger charge is -2.23. The topological polar surface area (TPSA) is 57.5 Å². The first-order valence-corrected chi connectivity index (χ1v) is 10.6. The summed E-state index contributed by atoms with van der Waals surface area (Å²) in [5.41, 5.74) is 6.34. The SMILES string of the molecule is Cc1c(-c2cc(C(C)(C)C)ccc2O)cc(C=O)cc1-c1cc(C(C)(C)C)ccc1O. The molecule has 0 saturated carbocycles. The molecule has 3 aromatic carbocycles. The zero-order valence-electron chi connectivity index (χ0n) is 19.5. The Labute approximate surface area is 185 Å². The number of phenols is 2.